The molecule has 0 aromatic rings. The lowest BCUT2D eigenvalue weighted by Crippen LogP contribution is -2.36. The molecule has 2 saturated carbocycles. The number of hydrogen-bond acceptors (Lipinski definition) is 0. The van der Waals surface area contributed by atoms with E-state index >= 15 is 0 Å². The van der Waals surface area contributed by atoms with Gasteiger partial charge in [-0.1, -0.05) is 72.0 Å². The maximum atomic E-state index is 4.03. The summed E-state index contributed by atoms with van der Waals surface area (Å²) in [5.41, 5.74) is 0.524. The third-order valence-corrected chi connectivity index (χ3v) is 7.60. The summed E-state index contributed by atoms with van der Waals surface area (Å²) in [6, 6.07) is 0. The second-order valence-corrected chi connectivity index (χ2v) is 11.2. The number of alkyl halides is 2. The van der Waals surface area contributed by atoms with Crippen molar-refractivity contribution in [2.45, 2.75) is 56.3 Å². The minimum atomic E-state index is 0.524. The van der Waals surface area contributed by atoms with Crippen molar-refractivity contribution in [2.24, 2.45) is 29.1 Å². The Balaban J connectivity index is 2.28. The van der Waals surface area contributed by atoms with E-state index in [-0.39, 0.29) is 0 Å². The summed E-state index contributed by atoms with van der Waals surface area (Å²) in [6.45, 7) is 11.6. The lowest BCUT2D eigenvalue weighted by atomic mass is 9.66. The second-order valence-electron chi connectivity index (χ2n) is 7.52. The molecule has 2 heteroatoms. The number of allylic oxidation sites excluding steroid dienone is 1. The summed E-state index contributed by atoms with van der Waals surface area (Å²) in [7, 11) is 0. The molecule has 0 heterocycles. The Morgan fingerprint density at radius 3 is 2.58 bits per heavy atom. The van der Waals surface area contributed by atoms with E-state index in [9.17, 15) is 0 Å². The predicted molar refractivity (Wildman–Crippen MR) is 102 cm³/mol. The zero-order chi connectivity index (χ0) is 14.3. The highest BCUT2D eigenvalue weighted by Gasteiger charge is 2.56. The number of halogens is 2. The van der Waals surface area contributed by atoms with Crippen LogP contribution in [-0.2, 0) is 0 Å². The fourth-order valence-corrected chi connectivity index (χ4v) is 6.53. The van der Waals surface area contributed by atoms with Gasteiger partial charge < -0.3 is 0 Å². The number of rotatable bonds is 4. The molecule has 2 aliphatic rings. The van der Waals surface area contributed by atoms with Gasteiger partial charge in [0.1, 0.15) is 0 Å². The first-order valence-corrected chi connectivity index (χ1v) is 10.3. The summed E-state index contributed by atoms with van der Waals surface area (Å²) in [6.07, 6.45) is 9.11. The van der Waals surface area contributed by atoms with Crippen LogP contribution in [0, 0.1) is 29.1 Å². The number of fused-ring (bicyclic) bond motifs is 1. The van der Waals surface area contributed by atoms with Crippen LogP contribution in [0.15, 0.2) is 12.7 Å². The Bertz CT molecular complexity index is 332. The van der Waals surface area contributed by atoms with E-state index in [4.69, 9.17) is 0 Å². The molecule has 0 radical (unpaired) electrons. The normalized spacial score (nSPS) is 44.9. The van der Waals surface area contributed by atoms with Gasteiger partial charge in [-0.3, -0.25) is 0 Å². The van der Waals surface area contributed by atoms with Crippen LogP contribution in [0.4, 0.5) is 0 Å². The third kappa shape index (κ3) is 3.19. The van der Waals surface area contributed by atoms with Crippen LogP contribution >= 0.6 is 45.2 Å². The Labute approximate surface area is 146 Å². The van der Waals surface area contributed by atoms with E-state index in [1.165, 1.54) is 36.5 Å². The largest absolute Gasteiger partial charge is 0.103 e. The van der Waals surface area contributed by atoms with Gasteiger partial charge in [0, 0.05) is 3.42 Å². The summed E-state index contributed by atoms with van der Waals surface area (Å²) in [5.74, 6) is 3.70. The van der Waals surface area contributed by atoms with E-state index < -0.39 is 0 Å². The first kappa shape index (κ1) is 16.6. The second kappa shape index (κ2) is 6.13. The van der Waals surface area contributed by atoms with Crippen molar-refractivity contribution in [1.29, 1.82) is 0 Å². The van der Waals surface area contributed by atoms with Gasteiger partial charge in [-0.2, -0.15) is 0 Å². The molecule has 0 amide bonds. The highest BCUT2D eigenvalue weighted by Crippen LogP contribution is 2.63. The van der Waals surface area contributed by atoms with E-state index in [1.807, 2.05) is 0 Å². The molecule has 0 bridgehead atoms. The van der Waals surface area contributed by atoms with Gasteiger partial charge >= 0.3 is 0 Å². The highest BCUT2D eigenvalue weighted by atomic mass is 127. The number of hydrogen-bond donors (Lipinski definition) is 0. The zero-order valence-corrected chi connectivity index (χ0v) is 16.9. The molecule has 110 valence electrons. The summed E-state index contributed by atoms with van der Waals surface area (Å²) in [5, 5.41) is 0. The fraction of sp³-hybridized carbons (Fsp3) is 0.882. The van der Waals surface area contributed by atoms with Crippen molar-refractivity contribution in [3.05, 3.63) is 12.7 Å². The monoisotopic (exact) mass is 486 g/mol. The predicted octanol–water partition coefficient (Wildman–Crippen LogP) is 6.27. The van der Waals surface area contributed by atoms with Crippen molar-refractivity contribution in [1.82, 2.24) is 0 Å². The molecule has 2 fully saturated rings. The van der Waals surface area contributed by atoms with Crippen molar-refractivity contribution < 1.29 is 0 Å². The van der Waals surface area contributed by atoms with Crippen molar-refractivity contribution >= 4 is 45.2 Å². The van der Waals surface area contributed by atoms with Gasteiger partial charge in [0.2, 0.25) is 0 Å². The molecule has 0 aromatic heterocycles. The topological polar surface area (TPSA) is 0 Å². The Hall–Kier alpha value is 1.20. The van der Waals surface area contributed by atoms with Gasteiger partial charge in [0.15, 0.2) is 0 Å². The Morgan fingerprint density at radius 2 is 2.00 bits per heavy atom. The van der Waals surface area contributed by atoms with E-state index in [2.05, 4.69) is 78.6 Å². The maximum absolute atomic E-state index is 4.03. The van der Waals surface area contributed by atoms with Crippen molar-refractivity contribution in [3.63, 3.8) is 0 Å². The van der Waals surface area contributed by atoms with Crippen LogP contribution in [0.2, 0.25) is 0 Å². The average Bonchev–Trinajstić information content (AvgIpc) is 2.50. The molecule has 5 atom stereocenters. The third-order valence-electron chi connectivity index (χ3n) is 6.00. The molecule has 0 N–H and O–H groups in total. The van der Waals surface area contributed by atoms with Gasteiger partial charge in [-0.15, -0.1) is 6.58 Å². The first-order valence-electron chi connectivity index (χ1n) is 7.69. The molecule has 2 rings (SSSR count). The van der Waals surface area contributed by atoms with E-state index in [0.717, 1.165) is 23.7 Å². The smallest absolute Gasteiger partial charge is 0.0197 e. The van der Waals surface area contributed by atoms with E-state index in [0.29, 0.717) is 8.84 Å². The molecule has 0 nitrogen and oxygen atoms in total. The van der Waals surface area contributed by atoms with Crippen LogP contribution in [0.1, 0.15) is 52.9 Å². The lowest BCUT2D eigenvalue weighted by Gasteiger charge is -2.42. The van der Waals surface area contributed by atoms with E-state index in [1.54, 1.807) is 0 Å². The van der Waals surface area contributed by atoms with Crippen LogP contribution < -0.4 is 0 Å². The SMILES string of the molecule is C=CC[C@@H]1C2CCC(C)(I)CC2C(C)(C)C1CCI. The fourth-order valence-electron chi connectivity index (χ4n) is 5.07. The van der Waals surface area contributed by atoms with Crippen molar-refractivity contribution in [2.75, 3.05) is 4.43 Å². The Morgan fingerprint density at radius 1 is 1.32 bits per heavy atom. The molecule has 0 aromatic carbocycles. The molecule has 0 spiro atoms. The molecule has 2 aliphatic carbocycles. The van der Waals surface area contributed by atoms with Crippen LogP contribution in [-0.4, -0.2) is 7.85 Å². The van der Waals surface area contributed by atoms with Crippen molar-refractivity contribution in [3.8, 4) is 0 Å². The van der Waals surface area contributed by atoms with Gasteiger partial charge in [0.25, 0.3) is 0 Å². The minimum absolute atomic E-state index is 0.524. The van der Waals surface area contributed by atoms with Crippen LogP contribution in [0.25, 0.3) is 0 Å². The molecular formula is C17H28I2. The molecule has 0 saturated heterocycles. The minimum Gasteiger partial charge on any atom is -0.103 e. The highest BCUT2D eigenvalue weighted by molar-refractivity contribution is 14.1. The molecular weight excluding hydrogens is 458 g/mol. The molecule has 0 aliphatic heterocycles. The summed E-state index contributed by atoms with van der Waals surface area (Å²) < 4.78 is 1.84. The Kier molecular flexibility index (Phi) is 5.35. The van der Waals surface area contributed by atoms with Crippen LogP contribution in [0.5, 0.6) is 0 Å². The molecule has 19 heavy (non-hydrogen) atoms. The zero-order valence-electron chi connectivity index (χ0n) is 12.6. The quantitative estimate of drug-likeness (QED) is 0.250. The maximum Gasteiger partial charge on any atom is 0.0197 e. The van der Waals surface area contributed by atoms with Gasteiger partial charge in [-0.05, 0) is 65.6 Å². The standard InChI is InChI=1S/C17H28I2/c1-5-6-12-13-7-9-17(4,19)11-15(13)16(2,3)14(12)8-10-18/h5,12-15H,1,6-11H2,2-4H3/t12-,13?,14?,15?,17?/m1/s1. The first-order chi connectivity index (χ1) is 8.83. The van der Waals surface area contributed by atoms with Gasteiger partial charge in [-0.25, -0.2) is 0 Å². The van der Waals surface area contributed by atoms with Gasteiger partial charge in [0.05, 0.1) is 0 Å². The summed E-state index contributed by atoms with van der Waals surface area (Å²) in [4.78, 5) is 0. The lowest BCUT2D eigenvalue weighted by molar-refractivity contribution is 0.123. The average molecular weight is 486 g/mol. The van der Waals surface area contributed by atoms with Crippen LogP contribution in [0.3, 0.4) is 0 Å². The summed E-state index contributed by atoms with van der Waals surface area (Å²) >= 11 is 5.28. The molecule has 4 unspecified atom stereocenters.